The maximum Gasteiger partial charge on any atom is 0.305 e. The third kappa shape index (κ3) is 4.69. The number of hydrogen-bond donors (Lipinski definition) is 2. The number of rotatable bonds is 7. The SMILES string of the molecule is CCCc1occc1C(=O)NC(CC(=O)O)c1cccc(Br)c1. The summed E-state index contributed by atoms with van der Waals surface area (Å²) in [6, 6.07) is 8.25. The number of carbonyl (C=O) groups is 2. The summed E-state index contributed by atoms with van der Waals surface area (Å²) in [5.41, 5.74) is 1.19. The van der Waals surface area contributed by atoms with E-state index in [1.54, 1.807) is 24.3 Å². The summed E-state index contributed by atoms with van der Waals surface area (Å²) in [6.07, 6.45) is 2.81. The van der Waals surface area contributed by atoms with Gasteiger partial charge in [-0.1, -0.05) is 35.0 Å². The first-order chi connectivity index (χ1) is 11.0. The first kappa shape index (κ1) is 17.3. The first-order valence-corrected chi connectivity index (χ1v) is 8.15. The molecule has 1 atom stereocenters. The summed E-state index contributed by atoms with van der Waals surface area (Å²) >= 11 is 3.36. The zero-order valence-electron chi connectivity index (χ0n) is 12.7. The van der Waals surface area contributed by atoms with Gasteiger partial charge in [0.1, 0.15) is 5.76 Å². The zero-order valence-corrected chi connectivity index (χ0v) is 14.3. The topological polar surface area (TPSA) is 79.5 Å². The quantitative estimate of drug-likeness (QED) is 0.763. The summed E-state index contributed by atoms with van der Waals surface area (Å²) in [5.74, 6) is -0.682. The Labute approximate surface area is 142 Å². The highest BCUT2D eigenvalue weighted by Gasteiger charge is 2.21. The van der Waals surface area contributed by atoms with E-state index in [0.29, 0.717) is 17.7 Å². The van der Waals surface area contributed by atoms with Crippen molar-refractivity contribution in [3.63, 3.8) is 0 Å². The van der Waals surface area contributed by atoms with Crippen molar-refractivity contribution in [2.75, 3.05) is 0 Å². The standard InChI is InChI=1S/C17H18BrNO4/c1-2-4-15-13(7-8-23-15)17(22)19-14(10-16(20)21)11-5-3-6-12(18)9-11/h3,5-9,14H,2,4,10H2,1H3,(H,19,22)(H,20,21). The van der Waals surface area contributed by atoms with Crippen molar-refractivity contribution in [1.82, 2.24) is 5.32 Å². The van der Waals surface area contributed by atoms with Gasteiger partial charge in [-0.2, -0.15) is 0 Å². The van der Waals surface area contributed by atoms with Crippen molar-refractivity contribution in [3.05, 3.63) is 58.0 Å². The molecule has 6 heteroatoms. The van der Waals surface area contributed by atoms with E-state index in [4.69, 9.17) is 9.52 Å². The summed E-state index contributed by atoms with van der Waals surface area (Å²) in [5, 5.41) is 11.9. The molecule has 2 N–H and O–H groups in total. The van der Waals surface area contributed by atoms with Crippen molar-refractivity contribution < 1.29 is 19.1 Å². The molecule has 0 fully saturated rings. The Morgan fingerprint density at radius 3 is 2.78 bits per heavy atom. The lowest BCUT2D eigenvalue weighted by molar-refractivity contribution is -0.137. The molecule has 0 bridgehead atoms. The van der Waals surface area contributed by atoms with Gasteiger partial charge in [0, 0.05) is 10.9 Å². The van der Waals surface area contributed by atoms with Crippen molar-refractivity contribution in [2.24, 2.45) is 0 Å². The molecule has 0 spiro atoms. The molecule has 1 unspecified atom stereocenters. The minimum Gasteiger partial charge on any atom is -0.481 e. The van der Waals surface area contributed by atoms with Gasteiger partial charge >= 0.3 is 5.97 Å². The largest absolute Gasteiger partial charge is 0.481 e. The van der Waals surface area contributed by atoms with Crippen LogP contribution >= 0.6 is 15.9 Å². The fourth-order valence-corrected chi connectivity index (χ4v) is 2.77. The van der Waals surface area contributed by atoms with Crippen LogP contribution in [0.4, 0.5) is 0 Å². The molecule has 0 aliphatic carbocycles. The average molecular weight is 380 g/mol. The second-order valence-electron chi connectivity index (χ2n) is 5.19. The monoisotopic (exact) mass is 379 g/mol. The van der Waals surface area contributed by atoms with Gasteiger partial charge in [-0.15, -0.1) is 0 Å². The highest BCUT2D eigenvalue weighted by molar-refractivity contribution is 9.10. The number of nitrogens with one attached hydrogen (secondary N) is 1. The number of furan rings is 1. The number of aliphatic carboxylic acids is 1. The minimum absolute atomic E-state index is 0.191. The number of carboxylic acids is 1. The molecule has 0 saturated carbocycles. The Hall–Kier alpha value is -2.08. The summed E-state index contributed by atoms with van der Waals surface area (Å²) < 4.78 is 6.16. The summed E-state index contributed by atoms with van der Waals surface area (Å²) in [6.45, 7) is 2.00. The van der Waals surface area contributed by atoms with Crippen LogP contribution < -0.4 is 5.32 Å². The first-order valence-electron chi connectivity index (χ1n) is 7.35. The third-order valence-corrected chi connectivity index (χ3v) is 3.90. The molecule has 23 heavy (non-hydrogen) atoms. The van der Waals surface area contributed by atoms with Crippen LogP contribution in [0.3, 0.4) is 0 Å². The van der Waals surface area contributed by atoms with Crippen molar-refractivity contribution in [2.45, 2.75) is 32.2 Å². The van der Waals surface area contributed by atoms with Gasteiger partial charge in [-0.25, -0.2) is 0 Å². The van der Waals surface area contributed by atoms with Crippen molar-refractivity contribution in [1.29, 1.82) is 0 Å². The van der Waals surface area contributed by atoms with E-state index in [0.717, 1.165) is 16.5 Å². The molecule has 1 heterocycles. The van der Waals surface area contributed by atoms with Crippen LogP contribution in [-0.2, 0) is 11.2 Å². The molecule has 5 nitrogen and oxygen atoms in total. The van der Waals surface area contributed by atoms with Crippen LogP contribution in [0.15, 0.2) is 45.5 Å². The molecule has 2 aromatic rings. The van der Waals surface area contributed by atoms with E-state index in [1.807, 2.05) is 13.0 Å². The van der Waals surface area contributed by atoms with Crippen LogP contribution in [0.1, 0.15) is 47.5 Å². The number of hydrogen-bond acceptors (Lipinski definition) is 3. The van der Waals surface area contributed by atoms with Gasteiger partial charge < -0.3 is 14.8 Å². The highest BCUT2D eigenvalue weighted by Crippen LogP contribution is 2.22. The van der Waals surface area contributed by atoms with E-state index in [2.05, 4.69) is 21.2 Å². The maximum absolute atomic E-state index is 12.5. The number of amides is 1. The molecule has 0 radical (unpaired) electrons. The van der Waals surface area contributed by atoms with Gasteiger partial charge in [0.2, 0.25) is 0 Å². The Kier molecular flexibility index (Phi) is 5.98. The minimum atomic E-state index is -0.976. The van der Waals surface area contributed by atoms with Gasteiger partial charge in [0.05, 0.1) is 24.3 Å². The zero-order chi connectivity index (χ0) is 16.8. The molecular weight excluding hydrogens is 362 g/mol. The van der Waals surface area contributed by atoms with Crippen LogP contribution in [0.2, 0.25) is 0 Å². The molecular formula is C17H18BrNO4. The van der Waals surface area contributed by atoms with Gasteiger partial charge in [-0.05, 0) is 30.2 Å². The second kappa shape index (κ2) is 7.97. The average Bonchev–Trinajstić information content (AvgIpc) is 2.95. The number of halogens is 1. The fraction of sp³-hybridized carbons (Fsp3) is 0.294. The molecule has 2 rings (SSSR count). The molecule has 0 aliphatic rings. The predicted octanol–water partition coefficient (Wildman–Crippen LogP) is 3.94. The summed E-state index contributed by atoms with van der Waals surface area (Å²) in [4.78, 5) is 23.6. The fourth-order valence-electron chi connectivity index (χ4n) is 2.35. The van der Waals surface area contributed by atoms with E-state index >= 15 is 0 Å². The Balaban J connectivity index is 2.22. The smallest absolute Gasteiger partial charge is 0.305 e. The lowest BCUT2D eigenvalue weighted by Gasteiger charge is -2.17. The summed E-state index contributed by atoms with van der Waals surface area (Å²) in [7, 11) is 0. The van der Waals surface area contributed by atoms with E-state index in [1.165, 1.54) is 6.26 Å². The second-order valence-corrected chi connectivity index (χ2v) is 6.10. The van der Waals surface area contributed by atoms with Crippen LogP contribution in [0.5, 0.6) is 0 Å². The highest BCUT2D eigenvalue weighted by atomic mass is 79.9. The van der Waals surface area contributed by atoms with Gasteiger partial charge in [0.15, 0.2) is 0 Å². The van der Waals surface area contributed by atoms with E-state index in [9.17, 15) is 9.59 Å². The molecule has 0 saturated heterocycles. The Morgan fingerprint density at radius 2 is 2.13 bits per heavy atom. The number of carbonyl (C=O) groups excluding carboxylic acids is 1. The number of benzene rings is 1. The number of aryl methyl sites for hydroxylation is 1. The Morgan fingerprint density at radius 1 is 1.35 bits per heavy atom. The number of carboxylic acid groups (broad SMARTS) is 1. The lowest BCUT2D eigenvalue weighted by atomic mass is 10.0. The maximum atomic E-state index is 12.5. The third-order valence-electron chi connectivity index (χ3n) is 3.40. The predicted molar refractivity (Wildman–Crippen MR) is 89.3 cm³/mol. The Bertz CT molecular complexity index is 695. The molecule has 1 amide bonds. The van der Waals surface area contributed by atoms with Crippen molar-refractivity contribution in [3.8, 4) is 0 Å². The molecule has 1 aromatic heterocycles. The molecule has 1 aromatic carbocycles. The van der Waals surface area contributed by atoms with Gasteiger partial charge in [-0.3, -0.25) is 9.59 Å². The van der Waals surface area contributed by atoms with Crippen molar-refractivity contribution >= 4 is 27.8 Å². The van der Waals surface area contributed by atoms with Crippen LogP contribution in [0, 0.1) is 0 Å². The lowest BCUT2D eigenvalue weighted by Crippen LogP contribution is -2.30. The van der Waals surface area contributed by atoms with E-state index in [-0.39, 0.29) is 12.3 Å². The molecule has 0 aliphatic heterocycles. The molecule has 122 valence electrons. The van der Waals surface area contributed by atoms with Crippen LogP contribution in [-0.4, -0.2) is 17.0 Å². The van der Waals surface area contributed by atoms with E-state index < -0.39 is 12.0 Å². The van der Waals surface area contributed by atoms with Crippen LogP contribution in [0.25, 0.3) is 0 Å². The normalized spacial score (nSPS) is 11.9. The van der Waals surface area contributed by atoms with Gasteiger partial charge in [0.25, 0.3) is 5.91 Å².